The van der Waals surface area contributed by atoms with Crippen LogP contribution in [0.5, 0.6) is 17.2 Å². The summed E-state index contributed by atoms with van der Waals surface area (Å²) in [6, 6.07) is 3.11. The molecule has 1 aromatic heterocycles. The molecule has 0 bridgehead atoms. The first-order valence-corrected chi connectivity index (χ1v) is 12.6. The average Bonchev–Trinajstić information content (AvgIpc) is 3.39. The minimum Gasteiger partial charge on any atom is -0.496 e. The van der Waals surface area contributed by atoms with Crippen molar-refractivity contribution >= 4 is 40.2 Å². The van der Waals surface area contributed by atoms with Gasteiger partial charge in [-0.3, -0.25) is 14.9 Å². The molecule has 3 N–H and O–H groups in total. The van der Waals surface area contributed by atoms with Crippen LogP contribution in [0.3, 0.4) is 0 Å². The molecule has 0 radical (unpaired) electrons. The number of benzene rings is 1. The van der Waals surface area contributed by atoms with E-state index in [2.05, 4.69) is 29.0 Å². The third kappa shape index (κ3) is 10.6. The number of hydrogen-bond acceptors (Lipinski definition) is 10. The number of nitrogens with one attached hydrogen (secondary N) is 1. The van der Waals surface area contributed by atoms with Crippen LogP contribution in [0, 0.1) is 0 Å². The Morgan fingerprint density at radius 1 is 0.923 bits per heavy atom. The number of carbonyl (C=O) groups is 4. The van der Waals surface area contributed by atoms with Gasteiger partial charge in [0.25, 0.3) is 11.8 Å². The monoisotopic (exact) mass is 566 g/mol. The number of amides is 2. The third-order valence-electron chi connectivity index (χ3n) is 5.26. The molecule has 1 aromatic carbocycles. The van der Waals surface area contributed by atoms with Crippen LogP contribution in [0.25, 0.3) is 0 Å². The van der Waals surface area contributed by atoms with Crippen molar-refractivity contribution in [3.8, 4) is 17.2 Å². The van der Waals surface area contributed by atoms with Gasteiger partial charge < -0.3 is 34.2 Å². The third-order valence-corrected chi connectivity index (χ3v) is 6.01. The van der Waals surface area contributed by atoms with Gasteiger partial charge in [-0.2, -0.15) is 0 Å². The van der Waals surface area contributed by atoms with Gasteiger partial charge in [-0.1, -0.05) is 13.8 Å². The number of ether oxygens (including phenoxy) is 3. The van der Waals surface area contributed by atoms with Gasteiger partial charge in [0, 0.05) is 49.8 Å². The molecule has 214 valence electrons. The highest BCUT2D eigenvalue weighted by Crippen LogP contribution is 2.35. The molecular formula is C25H34N4O9S. The van der Waals surface area contributed by atoms with Gasteiger partial charge >= 0.3 is 11.9 Å². The van der Waals surface area contributed by atoms with Gasteiger partial charge in [-0.15, -0.1) is 11.3 Å². The molecule has 14 heteroatoms. The SMILES string of the molecule is CCN(CC)CCN(C)C(=O)c1csc(NC(=O)c2cc(OC)c(OC)cc2OC)n1.O=C(O)/C=C\C(=O)O. The number of aromatic nitrogens is 1. The van der Waals surface area contributed by atoms with E-state index in [0.717, 1.165) is 19.6 Å². The molecule has 2 rings (SSSR count). The molecule has 0 saturated heterocycles. The molecule has 0 unspecified atom stereocenters. The van der Waals surface area contributed by atoms with E-state index in [1.165, 1.54) is 38.7 Å². The van der Waals surface area contributed by atoms with Crippen LogP contribution in [0.1, 0.15) is 34.7 Å². The molecule has 0 aliphatic rings. The van der Waals surface area contributed by atoms with Gasteiger partial charge in [-0.25, -0.2) is 14.6 Å². The Morgan fingerprint density at radius 3 is 1.95 bits per heavy atom. The summed E-state index contributed by atoms with van der Waals surface area (Å²) in [4.78, 5) is 52.7. The van der Waals surface area contributed by atoms with Crippen molar-refractivity contribution in [1.29, 1.82) is 0 Å². The fraction of sp³-hybridized carbons (Fsp3) is 0.400. The number of rotatable bonds is 13. The number of carboxylic acid groups (broad SMARTS) is 2. The van der Waals surface area contributed by atoms with Gasteiger partial charge in [-0.05, 0) is 13.1 Å². The first-order chi connectivity index (χ1) is 18.5. The van der Waals surface area contributed by atoms with Crippen LogP contribution >= 0.6 is 11.3 Å². The Morgan fingerprint density at radius 2 is 1.46 bits per heavy atom. The molecule has 0 aliphatic carbocycles. The van der Waals surface area contributed by atoms with E-state index in [1.54, 1.807) is 23.4 Å². The van der Waals surface area contributed by atoms with Crippen molar-refractivity contribution < 1.29 is 43.6 Å². The highest BCUT2D eigenvalue weighted by atomic mass is 32.1. The molecule has 0 aliphatic heterocycles. The van der Waals surface area contributed by atoms with Crippen molar-refractivity contribution in [3.63, 3.8) is 0 Å². The smallest absolute Gasteiger partial charge is 0.328 e. The summed E-state index contributed by atoms with van der Waals surface area (Å²) in [7, 11) is 6.20. The summed E-state index contributed by atoms with van der Waals surface area (Å²) in [5, 5.41) is 20.3. The van der Waals surface area contributed by atoms with Gasteiger partial charge in [0.2, 0.25) is 0 Å². The summed E-state index contributed by atoms with van der Waals surface area (Å²) in [5.41, 5.74) is 0.557. The lowest BCUT2D eigenvalue weighted by atomic mass is 10.1. The normalized spacial score (nSPS) is 10.4. The van der Waals surface area contributed by atoms with Crippen molar-refractivity contribution in [2.24, 2.45) is 0 Å². The molecule has 2 aromatic rings. The maximum absolute atomic E-state index is 12.8. The number of carbonyl (C=O) groups excluding carboxylic acids is 2. The lowest BCUT2D eigenvalue weighted by molar-refractivity contribution is -0.134. The van der Waals surface area contributed by atoms with Gasteiger partial charge in [0.05, 0.1) is 26.9 Å². The number of likely N-dealkylation sites (N-methyl/N-ethyl adjacent to an activating group) is 2. The molecule has 0 fully saturated rings. The zero-order valence-electron chi connectivity index (χ0n) is 22.7. The Bertz CT molecular complexity index is 1150. The first kappa shape index (κ1) is 32.9. The molecule has 0 spiro atoms. The molecule has 1 heterocycles. The van der Waals surface area contributed by atoms with Gasteiger partial charge in [0.15, 0.2) is 16.6 Å². The Hall–Kier alpha value is -4.17. The molecular weight excluding hydrogens is 532 g/mol. The zero-order chi connectivity index (χ0) is 29.5. The van der Waals surface area contributed by atoms with Crippen LogP contribution in [0.15, 0.2) is 29.7 Å². The predicted molar refractivity (Wildman–Crippen MR) is 145 cm³/mol. The molecule has 13 nitrogen and oxygen atoms in total. The van der Waals surface area contributed by atoms with E-state index in [9.17, 15) is 19.2 Å². The van der Waals surface area contributed by atoms with Crippen molar-refractivity contribution in [1.82, 2.24) is 14.8 Å². The van der Waals surface area contributed by atoms with Crippen LogP contribution in [0.2, 0.25) is 0 Å². The van der Waals surface area contributed by atoms with E-state index in [4.69, 9.17) is 24.4 Å². The zero-order valence-corrected chi connectivity index (χ0v) is 23.5. The molecule has 39 heavy (non-hydrogen) atoms. The highest BCUT2D eigenvalue weighted by Gasteiger charge is 2.21. The average molecular weight is 567 g/mol. The maximum atomic E-state index is 12.8. The number of carboxylic acids is 2. The first-order valence-electron chi connectivity index (χ1n) is 11.7. The largest absolute Gasteiger partial charge is 0.496 e. The molecule has 0 saturated carbocycles. The number of anilines is 1. The number of hydrogen-bond donors (Lipinski definition) is 3. The highest BCUT2D eigenvalue weighted by molar-refractivity contribution is 7.14. The quantitative estimate of drug-likeness (QED) is 0.305. The van der Waals surface area contributed by atoms with Crippen molar-refractivity contribution in [2.75, 3.05) is 59.9 Å². The predicted octanol–water partition coefficient (Wildman–Crippen LogP) is 2.55. The van der Waals surface area contributed by atoms with E-state index >= 15 is 0 Å². The molecule has 0 atom stereocenters. The van der Waals surface area contributed by atoms with E-state index in [1.807, 2.05) is 0 Å². The summed E-state index contributed by atoms with van der Waals surface area (Å²) < 4.78 is 15.8. The lowest BCUT2D eigenvalue weighted by Crippen LogP contribution is -2.36. The lowest BCUT2D eigenvalue weighted by Gasteiger charge is -2.22. The minimum absolute atomic E-state index is 0.187. The number of methoxy groups -OCH3 is 3. The van der Waals surface area contributed by atoms with Crippen molar-refractivity contribution in [2.45, 2.75) is 13.8 Å². The second-order valence-corrected chi connectivity index (χ2v) is 8.52. The second-order valence-electron chi connectivity index (χ2n) is 7.66. The summed E-state index contributed by atoms with van der Waals surface area (Å²) >= 11 is 1.19. The standard InChI is InChI=1S/C21H30N4O5S.C4H4O4/c1-7-25(8-2)10-9-24(3)20(27)15-13-31-21(22-15)23-19(26)14-11-17(29-5)18(30-6)12-16(14)28-4;5-3(6)1-2-4(7)8/h11-13H,7-10H2,1-6H3,(H,22,23,26);1-2H,(H,5,6)(H,7,8)/b;2-1-. The Labute approximate surface area is 230 Å². The summed E-state index contributed by atoms with van der Waals surface area (Å²) in [5.74, 6) is -1.95. The number of nitrogens with zero attached hydrogens (tertiary/aromatic N) is 3. The summed E-state index contributed by atoms with van der Waals surface area (Å²) in [6.45, 7) is 7.45. The summed E-state index contributed by atoms with van der Waals surface area (Å²) in [6.07, 6.45) is 1.12. The van der Waals surface area contributed by atoms with Gasteiger partial charge in [0.1, 0.15) is 11.4 Å². The van der Waals surface area contributed by atoms with Crippen LogP contribution in [0.4, 0.5) is 5.13 Å². The number of aliphatic carboxylic acids is 2. The fourth-order valence-electron chi connectivity index (χ4n) is 3.07. The van der Waals surface area contributed by atoms with E-state index in [0.29, 0.717) is 46.8 Å². The van der Waals surface area contributed by atoms with Crippen LogP contribution in [-0.2, 0) is 9.59 Å². The number of thiazole rings is 1. The molecule has 2 amide bonds. The fourth-order valence-corrected chi connectivity index (χ4v) is 3.75. The van der Waals surface area contributed by atoms with Crippen LogP contribution in [-0.4, -0.2) is 103 Å². The minimum atomic E-state index is -1.26. The maximum Gasteiger partial charge on any atom is 0.328 e. The topological polar surface area (TPSA) is 168 Å². The Balaban J connectivity index is 0.000000824. The van der Waals surface area contributed by atoms with E-state index in [-0.39, 0.29) is 11.5 Å². The van der Waals surface area contributed by atoms with Crippen LogP contribution < -0.4 is 19.5 Å². The van der Waals surface area contributed by atoms with E-state index < -0.39 is 17.8 Å². The Kier molecular flexibility index (Phi) is 14.0. The van der Waals surface area contributed by atoms with Crippen molar-refractivity contribution in [3.05, 3.63) is 40.9 Å². The second kappa shape index (κ2) is 16.6.